The molecule has 2 N–H and O–H groups in total. The van der Waals surface area contributed by atoms with Crippen molar-refractivity contribution >= 4 is 21.6 Å². The van der Waals surface area contributed by atoms with E-state index in [0.717, 1.165) is 10.2 Å². The van der Waals surface area contributed by atoms with Gasteiger partial charge in [0.1, 0.15) is 5.69 Å². The van der Waals surface area contributed by atoms with Gasteiger partial charge in [0.05, 0.1) is 10.7 Å². The maximum atomic E-state index is 5.70. The third kappa shape index (κ3) is 1.45. The standard InChI is InChI=1S/C9H7BrN2O/c10-8-6(11)3-4-12-9(8)7-2-1-5-13-7/h1-5H,(H2,11,12). The smallest absolute Gasteiger partial charge is 0.153 e. The molecule has 3 nitrogen and oxygen atoms in total. The summed E-state index contributed by atoms with van der Waals surface area (Å²) in [5, 5.41) is 0. The Hall–Kier alpha value is -1.29. The molecule has 0 aliphatic carbocycles. The van der Waals surface area contributed by atoms with E-state index in [0.29, 0.717) is 11.4 Å². The second-order valence-electron chi connectivity index (χ2n) is 2.54. The molecule has 0 atom stereocenters. The SMILES string of the molecule is Nc1ccnc(-c2ccco2)c1Br. The number of hydrogen-bond acceptors (Lipinski definition) is 3. The number of furan rings is 1. The van der Waals surface area contributed by atoms with Crippen molar-refractivity contribution in [3.63, 3.8) is 0 Å². The topological polar surface area (TPSA) is 52.0 Å². The maximum Gasteiger partial charge on any atom is 0.153 e. The fourth-order valence-corrected chi connectivity index (χ4v) is 1.47. The van der Waals surface area contributed by atoms with Gasteiger partial charge in [0.25, 0.3) is 0 Å². The minimum absolute atomic E-state index is 0.654. The third-order valence-corrected chi connectivity index (χ3v) is 2.51. The molecule has 0 amide bonds. The summed E-state index contributed by atoms with van der Waals surface area (Å²) in [5.74, 6) is 0.708. The number of nitrogen functional groups attached to an aromatic ring is 1. The lowest BCUT2D eigenvalue weighted by molar-refractivity contribution is 0.579. The first-order chi connectivity index (χ1) is 6.29. The minimum atomic E-state index is 0.654. The van der Waals surface area contributed by atoms with Crippen LogP contribution in [0.2, 0.25) is 0 Å². The lowest BCUT2D eigenvalue weighted by Gasteiger charge is -2.01. The number of hydrogen-bond donors (Lipinski definition) is 1. The summed E-state index contributed by atoms with van der Waals surface area (Å²) >= 11 is 3.35. The molecule has 0 saturated carbocycles. The van der Waals surface area contributed by atoms with Crippen molar-refractivity contribution in [1.82, 2.24) is 4.98 Å². The first-order valence-electron chi connectivity index (χ1n) is 3.73. The zero-order chi connectivity index (χ0) is 9.26. The van der Waals surface area contributed by atoms with Crippen LogP contribution >= 0.6 is 15.9 Å². The van der Waals surface area contributed by atoms with Crippen LogP contribution in [-0.2, 0) is 0 Å². The van der Waals surface area contributed by atoms with Gasteiger partial charge in [-0.25, -0.2) is 0 Å². The van der Waals surface area contributed by atoms with E-state index in [2.05, 4.69) is 20.9 Å². The molecule has 13 heavy (non-hydrogen) atoms. The van der Waals surface area contributed by atoms with Crippen LogP contribution in [0.3, 0.4) is 0 Å². The van der Waals surface area contributed by atoms with E-state index in [1.165, 1.54) is 0 Å². The summed E-state index contributed by atoms with van der Waals surface area (Å²) in [6.45, 7) is 0. The Kier molecular flexibility index (Phi) is 2.06. The molecule has 0 unspecified atom stereocenters. The van der Waals surface area contributed by atoms with Gasteiger partial charge in [-0.15, -0.1) is 0 Å². The van der Waals surface area contributed by atoms with Crippen LogP contribution in [0, 0.1) is 0 Å². The second-order valence-corrected chi connectivity index (χ2v) is 3.33. The van der Waals surface area contributed by atoms with E-state index in [-0.39, 0.29) is 0 Å². The Morgan fingerprint density at radius 2 is 2.23 bits per heavy atom. The lowest BCUT2D eigenvalue weighted by atomic mass is 10.3. The molecule has 0 saturated heterocycles. The van der Waals surface area contributed by atoms with E-state index in [1.54, 1.807) is 18.5 Å². The van der Waals surface area contributed by atoms with Crippen LogP contribution in [-0.4, -0.2) is 4.98 Å². The van der Waals surface area contributed by atoms with Gasteiger partial charge in [-0.3, -0.25) is 4.98 Å². The predicted molar refractivity (Wildman–Crippen MR) is 54.1 cm³/mol. The fraction of sp³-hybridized carbons (Fsp3) is 0. The Labute approximate surface area is 83.7 Å². The molecular weight excluding hydrogens is 232 g/mol. The molecule has 0 bridgehead atoms. The molecular formula is C9H7BrN2O. The van der Waals surface area contributed by atoms with Crippen LogP contribution in [0.4, 0.5) is 5.69 Å². The monoisotopic (exact) mass is 238 g/mol. The van der Waals surface area contributed by atoms with Crippen molar-refractivity contribution < 1.29 is 4.42 Å². The van der Waals surface area contributed by atoms with E-state index < -0.39 is 0 Å². The number of pyridine rings is 1. The van der Waals surface area contributed by atoms with Crippen LogP contribution in [0.15, 0.2) is 39.5 Å². The van der Waals surface area contributed by atoms with Gasteiger partial charge < -0.3 is 10.2 Å². The quantitative estimate of drug-likeness (QED) is 0.832. The average molecular weight is 239 g/mol. The molecule has 0 spiro atoms. The zero-order valence-corrected chi connectivity index (χ0v) is 8.28. The molecule has 0 fully saturated rings. The van der Waals surface area contributed by atoms with Gasteiger partial charge in [-0.05, 0) is 34.1 Å². The number of aromatic nitrogens is 1. The molecule has 2 aromatic heterocycles. The van der Waals surface area contributed by atoms with Crippen molar-refractivity contribution in [3.05, 3.63) is 35.1 Å². The largest absolute Gasteiger partial charge is 0.463 e. The summed E-state index contributed by atoms with van der Waals surface area (Å²) in [6.07, 6.45) is 3.25. The number of anilines is 1. The highest BCUT2D eigenvalue weighted by Gasteiger charge is 2.08. The van der Waals surface area contributed by atoms with Gasteiger partial charge >= 0.3 is 0 Å². The summed E-state index contributed by atoms with van der Waals surface area (Å²) in [6, 6.07) is 5.38. The van der Waals surface area contributed by atoms with E-state index in [9.17, 15) is 0 Å². The van der Waals surface area contributed by atoms with E-state index in [1.807, 2.05) is 12.1 Å². The zero-order valence-electron chi connectivity index (χ0n) is 6.70. The van der Waals surface area contributed by atoms with Crippen molar-refractivity contribution in [2.45, 2.75) is 0 Å². The maximum absolute atomic E-state index is 5.70. The molecule has 0 radical (unpaired) electrons. The summed E-state index contributed by atoms with van der Waals surface area (Å²) in [4.78, 5) is 4.16. The normalized spacial score (nSPS) is 10.2. The van der Waals surface area contributed by atoms with Gasteiger partial charge in [0.15, 0.2) is 5.76 Å². The molecule has 0 aliphatic rings. The molecule has 0 aliphatic heterocycles. The average Bonchev–Trinajstić information content (AvgIpc) is 2.62. The highest BCUT2D eigenvalue weighted by Crippen LogP contribution is 2.30. The van der Waals surface area contributed by atoms with Gasteiger partial charge in [-0.2, -0.15) is 0 Å². The molecule has 4 heteroatoms. The lowest BCUT2D eigenvalue weighted by Crippen LogP contribution is -1.90. The van der Waals surface area contributed by atoms with Gasteiger partial charge in [0.2, 0.25) is 0 Å². The van der Waals surface area contributed by atoms with E-state index in [4.69, 9.17) is 10.2 Å². The van der Waals surface area contributed by atoms with Crippen molar-refractivity contribution in [2.75, 3.05) is 5.73 Å². The second kappa shape index (κ2) is 3.22. The third-order valence-electron chi connectivity index (χ3n) is 1.67. The van der Waals surface area contributed by atoms with Crippen LogP contribution in [0.5, 0.6) is 0 Å². The predicted octanol–water partition coefficient (Wildman–Crippen LogP) is 2.69. The van der Waals surface area contributed by atoms with E-state index >= 15 is 0 Å². The summed E-state index contributed by atoms with van der Waals surface area (Å²) in [5.41, 5.74) is 7.08. The summed E-state index contributed by atoms with van der Waals surface area (Å²) < 4.78 is 5.98. The van der Waals surface area contributed by atoms with Crippen molar-refractivity contribution in [2.24, 2.45) is 0 Å². The molecule has 0 aromatic carbocycles. The first-order valence-corrected chi connectivity index (χ1v) is 4.52. The molecule has 2 rings (SSSR count). The number of nitrogens with two attached hydrogens (primary N) is 1. The van der Waals surface area contributed by atoms with Crippen LogP contribution in [0.1, 0.15) is 0 Å². The van der Waals surface area contributed by atoms with Gasteiger partial charge in [-0.1, -0.05) is 0 Å². The minimum Gasteiger partial charge on any atom is -0.463 e. The molecule has 2 heterocycles. The Bertz CT molecular complexity index is 412. The van der Waals surface area contributed by atoms with Crippen LogP contribution < -0.4 is 5.73 Å². The van der Waals surface area contributed by atoms with Crippen molar-refractivity contribution in [3.8, 4) is 11.5 Å². The Morgan fingerprint density at radius 3 is 2.92 bits per heavy atom. The number of halogens is 1. The summed E-state index contributed by atoms with van der Waals surface area (Å²) in [7, 11) is 0. The number of rotatable bonds is 1. The van der Waals surface area contributed by atoms with Gasteiger partial charge in [0, 0.05) is 11.9 Å². The highest BCUT2D eigenvalue weighted by molar-refractivity contribution is 9.10. The number of nitrogens with zero attached hydrogens (tertiary/aromatic N) is 1. The Balaban J connectivity index is 2.59. The Morgan fingerprint density at radius 1 is 1.38 bits per heavy atom. The fourth-order valence-electron chi connectivity index (χ4n) is 1.04. The highest BCUT2D eigenvalue weighted by atomic mass is 79.9. The van der Waals surface area contributed by atoms with Crippen LogP contribution in [0.25, 0.3) is 11.5 Å². The molecule has 2 aromatic rings. The molecule has 66 valence electrons. The first kappa shape index (κ1) is 8.31. The van der Waals surface area contributed by atoms with Crippen molar-refractivity contribution in [1.29, 1.82) is 0 Å².